The summed E-state index contributed by atoms with van der Waals surface area (Å²) in [5.74, 6) is 1.15. The molecule has 0 bridgehead atoms. The molecule has 1 aromatic carbocycles. The SMILES string of the molecule is CC.Cc1cnc(Nc2cccc(NC(=O)N3CCCC3)c2)nc1NCCCNC(=O)c1cccs1. The summed E-state index contributed by atoms with van der Waals surface area (Å²) in [5.41, 5.74) is 2.43. The molecule has 9 nitrogen and oxygen atoms in total. The summed E-state index contributed by atoms with van der Waals surface area (Å²) in [7, 11) is 0. The fraction of sp³-hybridized carbons (Fsp3) is 0.385. The van der Waals surface area contributed by atoms with Gasteiger partial charge in [-0.15, -0.1) is 11.3 Å². The molecule has 1 fully saturated rings. The average molecular weight is 510 g/mol. The fourth-order valence-electron chi connectivity index (χ4n) is 3.60. The molecule has 0 radical (unpaired) electrons. The largest absolute Gasteiger partial charge is 0.370 e. The van der Waals surface area contributed by atoms with Crippen LogP contribution in [0.1, 0.15) is 48.3 Å². The standard InChI is InChI=1S/C24H29N7O2S.C2H6/c1-17-16-27-23(30-21(17)25-10-6-11-26-22(32)20-9-5-14-34-20)28-18-7-4-8-19(15-18)29-24(33)31-12-2-3-13-31;1-2/h4-5,7-9,14-16H,2-3,6,10-13H2,1H3,(H,26,32)(H,29,33)(H2,25,27,28,30);1-2H3. The van der Waals surface area contributed by atoms with E-state index in [0.717, 1.165) is 60.0 Å². The molecule has 1 aliphatic heterocycles. The first-order valence-corrected chi connectivity index (χ1v) is 13.3. The van der Waals surface area contributed by atoms with Crippen LogP contribution in [0.2, 0.25) is 0 Å². The summed E-state index contributed by atoms with van der Waals surface area (Å²) in [5, 5.41) is 14.3. The minimum atomic E-state index is -0.0701. The number of amides is 3. The number of urea groups is 1. The number of likely N-dealkylation sites (tertiary alicyclic amines) is 1. The number of aryl methyl sites for hydroxylation is 1. The molecule has 4 N–H and O–H groups in total. The van der Waals surface area contributed by atoms with E-state index in [-0.39, 0.29) is 11.9 Å². The lowest BCUT2D eigenvalue weighted by Gasteiger charge is -2.16. The van der Waals surface area contributed by atoms with Crippen molar-refractivity contribution in [3.8, 4) is 0 Å². The van der Waals surface area contributed by atoms with E-state index in [9.17, 15) is 9.59 Å². The normalized spacial score (nSPS) is 12.4. The zero-order valence-corrected chi connectivity index (χ0v) is 22.0. The Labute approximate surface area is 216 Å². The minimum Gasteiger partial charge on any atom is -0.370 e. The minimum absolute atomic E-state index is 0.0430. The van der Waals surface area contributed by atoms with Gasteiger partial charge < -0.3 is 26.2 Å². The van der Waals surface area contributed by atoms with Crippen molar-refractivity contribution in [3.05, 3.63) is 58.4 Å². The third kappa shape index (κ3) is 7.94. The van der Waals surface area contributed by atoms with Crippen LogP contribution < -0.4 is 21.3 Å². The smallest absolute Gasteiger partial charge is 0.321 e. The van der Waals surface area contributed by atoms with Gasteiger partial charge in [-0.05, 0) is 55.8 Å². The first-order valence-electron chi connectivity index (χ1n) is 12.4. The molecule has 3 heterocycles. The van der Waals surface area contributed by atoms with E-state index in [0.29, 0.717) is 19.0 Å². The number of benzene rings is 1. The summed E-state index contributed by atoms with van der Waals surface area (Å²) in [4.78, 5) is 35.8. The van der Waals surface area contributed by atoms with Gasteiger partial charge in [0.2, 0.25) is 5.95 Å². The molecule has 3 amide bonds. The van der Waals surface area contributed by atoms with Gasteiger partial charge in [-0.3, -0.25) is 4.79 Å². The van der Waals surface area contributed by atoms with E-state index in [1.165, 1.54) is 11.3 Å². The Morgan fingerprint density at radius 3 is 2.58 bits per heavy atom. The topological polar surface area (TPSA) is 111 Å². The van der Waals surface area contributed by atoms with Crippen molar-refractivity contribution < 1.29 is 9.59 Å². The maximum atomic E-state index is 12.3. The molecule has 2 aromatic heterocycles. The summed E-state index contributed by atoms with van der Waals surface area (Å²) >= 11 is 1.43. The highest BCUT2D eigenvalue weighted by Gasteiger charge is 2.17. The van der Waals surface area contributed by atoms with E-state index >= 15 is 0 Å². The van der Waals surface area contributed by atoms with Gasteiger partial charge in [-0.2, -0.15) is 4.98 Å². The third-order valence-electron chi connectivity index (χ3n) is 5.41. The summed E-state index contributed by atoms with van der Waals surface area (Å²) in [6.45, 7) is 8.80. The van der Waals surface area contributed by atoms with E-state index in [2.05, 4.69) is 31.2 Å². The van der Waals surface area contributed by atoms with Crippen LogP contribution in [0, 0.1) is 6.92 Å². The molecular weight excluding hydrogens is 474 g/mol. The molecule has 10 heteroatoms. The number of nitrogens with one attached hydrogen (secondary N) is 4. The van der Waals surface area contributed by atoms with E-state index in [1.54, 1.807) is 6.20 Å². The molecule has 1 saturated heterocycles. The van der Waals surface area contributed by atoms with E-state index in [4.69, 9.17) is 0 Å². The molecule has 3 aromatic rings. The first-order chi connectivity index (χ1) is 17.6. The van der Waals surface area contributed by atoms with Crippen LogP contribution in [-0.4, -0.2) is 53.0 Å². The van der Waals surface area contributed by atoms with Crippen LogP contribution in [0.3, 0.4) is 0 Å². The number of anilines is 4. The molecule has 0 saturated carbocycles. The molecule has 0 spiro atoms. The fourth-order valence-corrected chi connectivity index (χ4v) is 4.24. The maximum absolute atomic E-state index is 12.3. The number of thiophene rings is 1. The van der Waals surface area contributed by atoms with Crippen molar-refractivity contribution in [2.45, 2.75) is 40.0 Å². The average Bonchev–Trinajstić information content (AvgIpc) is 3.62. The second-order valence-corrected chi connectivity index (χ2v) is 9.02. The zero-order chi connectivity index (χ0) is 25.8. The van der Waals surface area contributed by atoms with Gasteiger partial charge in [-0.25, -0.2) is 9.78 Å². The highest BCUT2D eigenvalue weighted by molar-refractivity contribution is 7.12. The Kier molecular flexibility index (Phi) is 10.5. The van der Waals surface area contributed by atoms with Crippen molar-refractivity contribution in [1.29, 1.82) is 0 Å². The van der Waals surface area contributed by atoms with Gasteiger partial charge >= 0.3 is 6.03 Å². The number of hydrogen-bond acceptors (Lipinski definition) is 7. The number of hydrogen-bond donors (Lipinski definition) is 4. The molecule has 0 unspecified atom stereocenters. The van der Waals surface area contributed by atoms with Crippen LogP contribution in [0.25, 0.3) is 0 Å². The lowest BCUT2D eigenvalue weighted by Crippen LogP contribution is -2.32. The van der Waals surface area contributed by atoms with Gasteiger partial charge in [0.15, 0.2) is 0 Å². The van der Waals surface area contributed by atoms with Crippen molar-refractivity contribution in [1.82, 2.24) is 20.2 Å². The third-order valence-corrected chi connectivity index (χ3v) is 6.28. The molecule has 0 aliphatic carbocycles. The van der Waals surface area contributed by atoms with E-state index in [1.807, 2.05) is 67.4 Å². The van der Waals surface area contributed by atoms with E-state index < -0.39 is 0 Å². The second-order valence-electron chi connectivity index (χ2n) is 8.07. The van der Waals surface area contributed by atoms with Crippen molar-refractivity contribution in [2.24, 2.45) is 0 Å². The first kappa shape index (κ1) is 26.9. The predicted molar refractivity (Wildman–Crippen MR) is 147 cm³/mol. The lowest BCUT2D eigenvalue weighted by molar-refractivity contribution is 0.0957. The Bertz CT molecular complexity index is 1120. The monoisotopic (exact) mass is 509 g/mol. The van der Waals surface area contributed by atoms with Gasteiger partial charge in [0.1, 0.15) is 5.82 Å². The molecular formula is C26H35N7O2S. The van der Waals surface area contributed by atoms with Crippen LogP contribution in [-0.2, 0) is 0 Å². The van der Waals surface area contributed by atoms with Crippen molar-refractivity contribution in [2.75, 3.05) is 42.1 Å². The lowest BCUT2D eigenvalue weighted by atomic mass is 10.3. The molecule has 192 valence electrons. The Balaban J connectivity index is 0.00000176. The van der Waals surface area contributed by atoms with Crippen molar-refractivity contribution in [3.63, 3.8) is 0 Å². The van der Waals surface area contributed by atoms with Gasteiger partial charge in [-0.1, -0.05) is 26.0 Å². The number of nitrogens with zero attached hydrogens (tertiary/aromatic N) is 3. The van der Waals surface area contributed by atoms with Crippen LogP contribution in [0.15, 0.2) is 48.0 Å². The number of aromatic nitrogens is 2. The number of carbonyl (C=O) groups is 2. The molecule has 1 aliphatic rings. The van der Waals surface area contributed by atoms with Gasteiger partial charge in [0.05, 0.1) is 4.88 Å². The molecule has 4 rings (SSSR count). The molecule has 0 atom stereocenters. The maximum Gasteiger partial charge on any atom is 0.321 e. The Morgan fingerprint density at radius 1 is 1.06 bits per heavy atom. The highest BCUT2D eigenvalue weighted by atomic mass is 32.1. The van der Waals surface area contributed by atoms with Gasteiger partial charge in [0, 0.05) is 49.3 Å². The number of rotatable bonds is 9. The quantitative estimate of drug-likeness (QED) is 0.284. The van der Waals surface area contributed by atoms with Crippen molar-refractivity contribution >= 4 is 46.4 Å². The highest BCUT2D eigenvalue weighted by Crippen LogP contribution is 2.21. The predicted octanol–water partition coefficient (Wildman–Crippen LogP) is 5.48. The Morgan fingerprint density at radius 2 is 1.83 bits per heavy atom. The second kappa shape index (κ2) is 14.0. The number of carbonyl (C=O) groups excluding carboxylic acids is 2. The summed E-state index contributed by atoms with van der Waals surface area (Å²) < 4.78 is 0. The van der Waals surface area contributed by atoms with Crippen LogP contribution >= 0.6 is 11.3 Å². The zero-order valence-electron chi connectivity index (χ0n) is 21.1. The Hall–Kier alpha value is -3.66. The van der Waals surface area contributed by atoms with Crippen LogP contribution in [0.5, 0.6) is 0 Å². The van der Waals surface area contributed by atoms with Crippen LogP contribution in [0.4, 0.5) is 27.9 Å². The summed E-state index contributed by atoms with van der Waals surface area (Å²) in [6.07, 6.45) is 4.64. The molecule has 36 heavy (non-hydrogen) atoms. The summed E-state index contributed by atoms with van der Waals surface area (Å²) in [6, 6.07) is 11.1. The van der Waals surface area contributed by atoms with Gasteiger partial charge in [0.25, 0.3) is 5.91 Å².